The van der Waals surface area contributed by atoms with Crippen LogP contribution in [0.3, 0.4) is 0 Å². The molecule has 0 spiro atoms. The molecule has 0 saturated heterocycles. The molecule has 0 aliphatic heterocycles. The van der Waals surface area contributed by atoms with Crippen LogP contribution >= 0.6 is 0 Å². The molecule has 1 heterocycles. The molecule has 1 rings (SSSR count). The Morgan fingerprint density at radius 1 is 1.44 bits per heavy atom. The van der Waals surface area contributed by atoms with Crippen molar-refractivity contribution in [3.8, 4) is 5.88 Å². The van der Waals surface area contributed by atoms with Crippen molar-refractivity contribution in [2.75, 3.05) is 13.2 Å². The number of carbonyl (C=O) groups is 1. The number of pyridine rings is 1. The Bertz CT molecular complexity index is 429. The molecular weight excluding hydrogens is 241 g/mol. The predicted molar refractivity (Wildman–Crippen MR) is 62.4 cm³/mol. The van der Waals surface area contributed by atoms with Gasteiger partial charge < -0.3 is 14.6 Å². The SMILES string of the molecule is CC(C)(C)OCCOc1ncc(F)cc1C(=O)O. The summed E-state index contributed by atoms with van der Waals surface area (Å²) >= 11 is 0. The van der Waals surface area contributed by atoms with Gasteiger partial charge in [0.2, 0.25) is 5.88 Å². The van der Waals surface area contributed by atoms with Crippen LogP contribution in [0.15, 0.2) is 12.3 Å². The van der Waals surface area contributed by atoms with E-state index in [-0.39, 0.29) is 23.7 Å². The molecule has 0 aliphatic rings. The topological polar surface area (TPSA) is 68.7 Å². The van der Waals surface area contributed by atoms with Crippen LogP contribution in [0.5, 0.6) is 5.88 Å². The number of aromatic nitrogens is 1. The molecule has 5 nitrogen and oxygen atoms in total. The lowest BCUT2D eigenvalue weighted by molar-refractivity contribution is -0.0170. The fourth-order valence-corrected chi connectivity index (χ4v) is 1.18. The Balaban J connectivity index is 2.59. The maximum absolute atomic E-state index is 12.8. The fourth-order valence-electron chi connectivity index (χ4n) is 1.18. The molecule has 0 aliphatic carbocycles. The van der Waals surface area contributed by atoms with Gasteiger partial charge in [0, 0.05) is 0 Å². The van der Waals surface area contributed by atoms with Gasteiger partial charge in [0.1, 0.15) is 18.0 Å². The molecule has 0 radical (unpaired) electrons. The highest BCUT2D eigenvalue weighted by Gasteiger charge is 2.15. The van der Waals surface area contributed by atoms with Crippen LogP contribution in [0.1, 0.15) is 31.1 Å². The Hall–Kier alpha value is -1.69. The van der Waals surface area contributed by atoms with Gasteiger partial charge in [-0.2, -0.15) is 0 Å². The zero-order chi connectivity index (χ0) is 13.8. The Labute approximate surface area is 105 Å². The van der Waals surface area contributed by atoms with Gasteiger partial charge in [-0.1, -0.05) is 0 Å². The van der Waals surface area contributed by atoms with E-state index in [2.05, 4.69) is 4.98 Å². The van der Waals surface area contributed by atoms with Crippen LogP contribution in [-0.4, -0.2) is 34.9 Å². The number of ether oxygens (including phenoxy) is 2. The minimum absolute atomic E-state index is 0.110. The van der Waals surface area contributed by atoms with Crippen molar-refractivity contribution in [1.29, 1.82) is 0 Å². The van der Waals surface area contributed by atoms with E-state index in [4.69, 9.17) is 14.6 Å². The zero-order valence-electron chi connectivity index (χ0n) is 10.6. The van der Waals surface area contributed by atoms with Gasteiger partial charge >= 0.3 is 5.97 Å². The highest BCUT2D eigenvalue weighted by molar-refractivity contribution is 5.90. The van der Waals surface area contributed by atoms with E-state index in [1.165, 1.54) is 0 Å². The van der Waals surface area contributed by atoms with E-state index in [0.717, 1.165) is 12.3 Å². The van der Waals surface area contributed by atoms with Crippen LogP contribution in [0.4, 0.5) is 4.39 Å². The first-order valence-corrected chi connectivity index (χ1v) is 5.45. The molecule has 100 valence electrons. The summed E-state index contributed by atoms with van der Waals surface area (Å²) in [6, 6.07) is 0.870. The molecule has 1 aromatic rings. The molecular formula is C12H16FNO4. The molecule has 0 bridgehead atoms. The molecule has 0 unspecified atom stereocenters. The van der Waals surface area contributed by atoms with Crippen LogP contribution in [0.2, 0.25) is 0 Å². The van der Waals surface area contributed by atoms with Gasteiger partial charge in [-0.05, 0) is 26.8 Å². The summed E-state index contributed by atoms with van der Waals surface area (Å²) in [5, 5.41) is 8.86. The summed E-state index contributed by atoms with van der Waals surface area (Å²) in [5.74, 6) is -2.11. The summed E-state index contributed by atoms with van der Waals surface area (Å²) < 4.78 is 23.4. The van der Waals surface area contributed by atoms with Crippen molar-refractivity contribution >= 4 is 5.97 Å². The molecule has 6 heteroatoms. The Morgan fingerprint density at radius 2 is 2.11 bits per heavy atom. The van der Waals surface area contributed by atoms with E-state index in [9.17, 15) is 9.18 Å². The van der Waals surface area contributed by atoms with Crippen molar-refractivity contribution in [2.45, 2.75) is 26.4 Å². The van der Waals surface area contributed by atoms with Crippen LogP contribution in [-0.2, 0) is 4.74 Å². The first kappa shape index (κ1) is 14.4. The fraction of sp³-hybridized carbons (Fsp3) is 0.500. The number of nitrogens with zero attached hydrogens (tertiary/aromatic N) is 1. The van der Waals surface area contributed by atoms with Crippen LogP contribution in [0, 0.1) is 5.82 Å². The van der Waals surface area contributed by atoms with Gasteiger partial charge in [0.05, 0.1) is 18.4 Å². The second kappa shape index (κ2) is 5.77. The zero-order valence-corrected chi connectivity index (χ0v) is 10.6. The largest absolute Gasteiger partial charge is 0.477 e. The predicted octanol–water partition coefficient (Wildman–Crippen LogP) is 2.11. The quantitative estimate of drug-likeness (QED) is 0.818. The van der Waals surface area contributed by atoms with Gasteiger partial charge in [0.15, 0.2) is 0 Å². The highest BCUT2D eigenvalue weighted by Crippen LogP contribution is 2.16. The molecule has 1 aromatic heterocycles. The van der Waals surface area contributed by atoms with Gasteiger partial charge in [-0.25, -0.2) is 14.2 Å². The maximum atomic E-state index is 12.8. The summed E-state index contributed by atoms with van der Waals surface area (Å²) in [4.78, 5) is 14.4. The third-order valence-corrected chi connectivity index (χ3v) is 1.91. The molecule has 0 amide bonds. The summed E-state index contributed by atoms with van der Waals surface area (Å²) in [6.45, 7) is 6.13. The monoisotopic (exact) mass is 257 g/mol. The molecule has 0 aromatic carbocycles. The minimum atomic E-state index is -1.28. The highest BCUT2D eigenvalue weighted by atomic mass is 19.1. The molecule has 18 heavy (non-hydrogen) atoms. The summed E-state index contributed by atoms with van der Waals surface area (Å²) in [6.07, 6.45) is 0.909. The summed E-state index contributed by atoms with van der Waals surface area (Å²) in [7, 11) is 0. The van der Waals surface area contributed by atoms with Crippen LogP contribution < -0.4 is 4.74 Å². The number of rotatable bonds is 5. The number of hydrogen-bond acceptors (Lipinski definition) is 4. The third-order valence-electron chi connectivity index (χ3n) is 1.91. The molecule has 0 fully saturated rings. The number of aromatic carboxylic acids is 1. The minimum Gasteiger partial charge on any atom is -0.477 e. The average molecular weight is 257 g/mol. The standard InChI is InChI=1S/C12H16FNO4/c1-12(2,3)18-5-4-17-10-9(11(15)16)6-8(13)7-14-10/h6-7H,4-5H2,1-3H3,(H,15,16). The van der Waals surface area contributed by atoms with Crippen molar-refractivity contribution < 1.29 is 23.8 Å². The lowest BCUT2D eigenvalue weighted by Crippen LogP contribution is -2.23. The number of halogens is 1. The van der Waals surface area contributed by atoms with E-state index < -0.39 is 11.8 Å². The number of hydrogen-bond donors (Lipinski definition) is 1. The van der Waals surface area contributed by atoms with Gasteiger partial charge in [-0.15, -0.1) is 0 Å². The Morgan fingerprint density at radius 3 is 2.67 bits per heavy atom. The molecule has 1 N–H and O–H groups in total. The van der Waals surface area contributed by atoms with Crippen molar-refractivity contribution in [3.05, 3.63) is 23.6 Å². The van der Waals surface area contributed by atoms with Crippen molar-refractivity contribution in [3.63, 3.8) is 0 Å². The first-order chi connectivity index (χ1) is 8.29. The Kier molecular flexibility index (Phi) is 4.61. The number of carboxylic acids is 1. The molecule has 0 saturated carbocycles. The van der Waals surface area contributed by atoms with Crippen molar-refractivity contribution in [2.24, 2.45) is 0 Å². The average Bonchev–Trinajstić information content (AvgIpc) is 2.24. The molecule has 0 atom stereocenters. The van der Waals surface area contributed by atoms with Gasteiger partial charge in [0.25, 0.3) is 0 Å². The van der Waals surface area contributed by atoms with Crippen LogP contribution in [0.25, 0.3) is 0 Å². The third kappa shape index (κ3) is 4.67. The lowest BCUT2D eigenvalue weighted by atomic mass is 10.2. The van der Waals surface area contributed by atoms with Crippen molar-refractivity contribution in [1.82, 2.24) is 4.98 Å². The van der Waals surface area contributed by atoms with Gasteiger partial charge in [-0.3, -0.25) is 0 Å². The smallest absolute Gasteiger partial charge is 0.341 e. The maximum Gasteiger partial charge on any atom is 0.341 e. The summed E-state index contributed by atoms with van der Waals surface area (Å²) in [5.41, 5.74) is -0.597. The van der Waals surface area contributed by atoms with E-state index >= 15 is 0 Å². The first-order valence-electron chi connectivity index (χ1n) is 5.45. The second-order valence-corrected chi connectivity index (χ2v) is 4.62. The normalized spacial score (nSPS) is 11.3. The van der Waals surface area contributed by atoms with E-state index in [0.29, 0.717) is 6.61 Å². The van der Waals surface area contributed by atoms with E-state index in [1.54, 1.807) is 0 Å². The number of carboxylic acid groups (broad SMARTS) is 1. The van der Waals surface area contributed by atoms with E-state index in [1.807, 2.05) is 20.8 Å². The second-order valence-electron chi connectivity index (χ2n) is 4.62. The lowest BCUT2D eigenvalue weighted by Gasteiger charge is -2.19.